The first-order valence-electron chi connectivity index (χ1n) is 15.5. The molecule has 0 aliphatic heterocycles. The molecule has 0 fully saturated rings. The Morgan fingerprint density at radius 2 is 1.50 bits per heavy atom. The van der Waals surface area contributed by atoms with E-state index < -0.39 is 8.07 Å². The van der Waals surface area contributed by atoms with Crippen LogP contribution in [0.15, 0.2) is 116 Å². The third kappa shape index (κ3) is 7.14. The molecule has 4 aromatic carbocycles. The predicted molar refractivity (Wildman–Crippen MR) is 197 cm³/mol. The number of aromatic nitrogens is 2. The minimum atomic E-state index is -1.23. The second kappa shape index (κ2) is 14.4. The van der Waals surface area contributed by atoms with Gasteiger partial charge in [0.05, 0.1) is 8.07 Å². The number of aryl methyl sites for hydroxylation is 1. The zero-order valence-electron chi connectivity index (χ0n) is 27.2. The topological polar surface area (TPSA) is 25.8 Å². The van der Waals surface area contributed by atoms with E-state index in [9.17, 15) is 0 Å². The summed E-state index contributed by atoms with van der Waals surface area (Å²) < 4.78 is 2.57. The van der Waals surface area contributed by atoms with Gasteiger partial charge in [-0.1, -0.05) is 99.5 Å². The van der Waals surface area contributed by atoms with Crippen LogP contribution in [0.3, 0.4) is 0 Å². The van der Waals surface area contributed by atoms with Crippen molar-refractivity contribution in [2.24, 2.45) is 0 Å². The van der Waals surface area contributed by atoms with Gasteiger partial charge in [-0.15, -0.1) is 59.7 Å². The molecule has 0 spiro atoms. The molecule has 7 rings (SSSR count). The number of hydrogen-bond donors (Lipinski definition) is 0. The Labute approximate surface area is 292 Å². The van der Waals surface area contributed by atoms with Crippen LogP contribution >= 0.6 is 11.3 Å². The second-order valence-corrected chi connectivity index (χ2v) is 18.9. The molecule has 2 nitrogen and oxygen atoms in total. The fourth-order valence-electron chi connectivity index (χ4n) is 5.69. The number of fused-ring (bicyclic) bond motifs is 3. The van der Waals surface area contributed by atoms with E-state index >= 15 is 0 Å². The van der Waals surface area contributed by atoms with E-state index in [0.717, 1.165) is 22.5 Å². The van der Waals surface area contributed by atoms with Crippen molar-refractivity contribution in [2.45, 2.75) is 46.3 Å². The van der Waals surface area contributed by atoms with Crippen molar-refractivity contribution in [3.05, 3.63) is 139 Å². The maximum Gasteiger partial charge on any atom is 0.0795 e. The summed E-state index contributed by atoms with van der Waals surface area (Å²) in [7, 11) is -1.23. The van der Waals surface area contributed by atoms with E-state index in [1.54, 1.807) is 0 Å². The number of hydrogen-bond acceptors (Lipinski definition) is 3. The summed E-state index contributed by atoms with van der Waals surface area (Å²) in [5.41, 5.74) is 9.31. The van der Waals surface area contributed by atoms with Crippen LogP contribution in [0.4, 0.5) is 0 Å². The first-order chi connectivity index (χ1) is 21.7. The van der Waals surface area contributed by atoms with Crippen molar-refractivity contribution in [2.75, 3.05) is 0 Å². The molecular weight excluding hydrogens is 773 g/mol. The largest absolute Gasteiger partial charge is 0.305 e. The number of rotatable bonds is 5. The van der Waals surface area contributed by atoms with E-state index in [2.05, 4.69) is 130 Å². The Morgan fingerprint density at radius 1 is 0.739 bits per heavy atom. The monoisotopic (exact) mass is 811 g/mol. The predicted octanol–water partition coefficient (Wildman–Crippen LogP) is 11.1. The zero-order chi connectivity index (χ0) is 31.6. The third-order valence-corrected chi connectivity index (χ3v) is 11.4. The molecule has 3 aromatic heterocycles. The van der Waals surface area contributed by atoms with Crippen LogP contribution in [0.25, 0.3) is 53.8 Å². The Bertz CT molecular complexity index is 2060. The van der Waals surface area contributed by atoms with Gasteiger partial charge in [-0.3, -0.25) is 0 Å². The number of nitrogens with zero attached hydrogens (tertiary/aromatic N) is 2. The summed E-state index contributed by atoms with van der Waals surface area (Å²) in [5.74, 6) is 0.475. The van der Waals surface area contributed by atoms with Gasteiger partial charge in [-0.2, -0.15) is 11.3 Å². The standard InChI is InChI=1S/C27H22NS.C14H16NSi.Ir/c1-17(2)23-15-24(28-16-18(23)3)21-12-7-13-22-26-20(19-9-5-4-6-10-19)11-8-14-25(26)29-27(21)22;1-16(2,3)13-9-10-14(15-11-13)12-7-5-4-6-8-12;/h4-11,13-17H,1-3H3;4-7,9-11H,1-3H3;/q2*-1;. The number of thiophene rings is 1. The number of benzene rings is 4. The molecule has 5 heteroatoms. The van der Waals surface area contributed by atoms with Crippen LogP contribution in [-0.4, -0.2) is 18.0 Å². The van der Waals surface area contributed by atoms with Crippen molar-refractivity contribution < 1.29 is 20.1 Å². The summed E-state index contributed by atoms with van der Waals surface area (Å²) >= 11 is 1.84. The smallest absolute Gasteiger partial charge is 0.0795 e. The van der Waals surface area contributed by atoms with Gasteiger partial charge in [0.25, 0.3) is 0 Å². The van der Waals surface area contributed by atoms with E-state index in [4.69, 9.17) is 4.98 Å². The van der Waals surface area contributed by atoms with E-state index in [1.807, 2.05) is 54.1 Å². The van der Waals surface area contributed by atoms with Crippen molar-refractivity contribution in [3.8, 4) is 33.6 Å². The van der Waals surface area contributed by atoms with Crippen LogP contribution in [0.2, 0.25) is 19.6 Å². The van der Waals surface area contributed by atoms with Gasteiger partial charge in [-0.05, 0) is 67.8 Å². The average molecular weight is 811 g/mol. The van der Waals surface area contributed by atoms with E-state index in [0.29, 0.717) is 5.92 Å². The summed E-state index contributed by atoms with van der Waals surface area (Å²) in [4.78, 5) is 9.29. The van der Waals surface area contributed by atoms with Crippen molar-refractivity contribution in [1.29, 1.82) is 0 Å². The minimum Gasteiger partial charge on any atom is -0.305 e. The van der Waals surface area contributed by atoms with Gasteiger partial charge in [-0.25, -0.2) is 0 Å². The summed E-state index contributed by atoms with van der Waals surface area (Å²) in [5, 5.41) is 4.00. The quantitative estimate of drug-likeness (QED) is 0.128. The molecule has 46 heavy (non-hydrogen) atoms. The molecule has 0 aliphatic carbocycles. The van der Waals surface area contributed by atoms with Crippen LogP contribution in [0.5, 0.6) is 0 Å². The van der Waals surface area contributed by atoms with Crippen molar-refractivity contribution in [1.82, 2.24) is 9.97 Å². The fourth-order valence-corrected chi connectivity index (χ4v) is 7.96. The van der Waals surface area contributed by atoms with Gasteiger partial charge >= 0.3 is 0 Å². The molecule has 0 aliphatic rings. The van der Waals surface area contributed by atoms with Crippen LogP contribution in [-0.2, 0) is 20.1 Å². The third-order valence-electron chi connectivity index (χ3n) is 8.18. The molecule has 0 N–H and O–H groups in total. The summed E-state index contributed by atoms with van der Waals surface area (Å²) in [6.45, 7) is 13.6. The van der Waals surface area contributed by atoms with E-state index in [1.165, 1.54) is 47.6 Å². The number of pyridine rings is 2. The minimum absolute atomic E-state index is 0. The molecule has 0 amide bonds. The molecule has 0 bridgehead atoms. The zero-order valence-corrected chi connectivity index (χ0v) is 31.4. The van der Waals surface area contributed by atoms with Crippen LogP contribution in [0.1, 0.15) is 30.9 Å². The molecule has 7 aromatic rings. The fraction of sp³-hybridized carbons (Fsp3) is 0.171. The normalized spacial score (nSPS) is 11.3. The Kier molecular flexibility index (Phi) is 10.5. The maximum atomic E-state index is 4.77. The van der Waals surface area contributed by atoms with E-state index in [-0.39, 0.29) is 20.1 Å². The molecule has 0 atom stereocenters. The van der Waals surface area contributed by atoms with Crippen molar-refractivity contribution >= 4 is 44.8 Å². The second-order valence-electron chi connectivity index (χ2n) is 12.8. The average Bonchev–Trinajstić information content (AvgIpc) is 3.45. The Hall–Kier alpha value is -3.73. The van der Waals surface area contributed by atoms with Crippen LogP contribution in [0, 0.1) is 19.1 Å². The van der Waals surface area contributed by atoms with Crippen LogP contribution < -0.4 is 5.19 Å². The molecule has 0 unspecified atom stereocenters. The van der Waals surface area contributed by atoms with Gasteiger partial charge in [0.1, 0.15) is 0 Å². The summed E-state index contributed by atoms with van der Waals surface area (Å²) in [6, 6.07) is 42.6. The summed E-state index contributed by atoms with van der Waals surface area (Å²) in [6.07, 6.45) is 4.02. The Balaban J connectivity index is 0.000000209. The molecule has 0 saturated carbocycles. The Morgan fingerprint density at radius 3 is 2.17 bits per heavy atom. The molecule has 3 heterocycles. The molecule has 0 saturated heterocycles. The maximum absolute atomic E-state index is 4.77. The van der Waals surface area contributed by atoms with Crippen molar-refractivity contribution in [3.63, 3.8) is 0 Å². The van der Waals surface area contributed by atoms with Gasteiger partial charge in [0.15, 0.2) is 0 Å². The molecule has 233 valence electrons. The SMILES string of the molecule is C[Si](C)(C)c1ccc(-c2[c-]cccc2)nc1.Cc1cnc(-c2[c-]ccc3c2sc2cccc(-c4ccccc4)c23)cc1C(C)C.[Ir]. The molecular formula is C41H38IrN2SSi-2. The molecule has 1 radical (unpaired) electrons. The van der Waals surface area contributed by atoms with Gasteiger partial charge in [0.2, 0.25) is 0 Å². The van der Waals surface area contributed by atoms with Gasteiger partial charge in [0, 0.05) is 37.2 Å². The first-order valence-corrected chi connectivity index (χ1v) is 19.8. The first kappa shape index (κ1) is 33.6. The van der Waals surface area contributed by atoms with Gasteiger partial charge < -0.3 is 9.97 Å².